The average Bonchev–Trinajstić information content (AvgIpc) is 3.33. The molecule has 0 amide bonds. The number of aliphatic hydroxyl groups excluding tert-OH is 1. The molecule has 6 aliphatic rings. The molecule has 34 heavy (non-hydrogen) atoms. The molecule has 5 aliphatic carbocycles. The molecule has 0 aromatic heterocycles. The number of aliphatic imine (C=N–C) groups is 1. The van der Waals surface area contributed by atoms with Gasteiger partial charge in [-0.1, -0.05) is 70.4 Å². The monoisotopic (exact) mass is 461 g/mol. The van der Waals surface area contributed by atoms with Crippen molar-refractivity contribution in [2.24, 2.45) is 56.2 Å². The van der Waals surface area contributed by atoms with E-state index in [1.165, 1.54) is 68.9 Å². The van der Waals surface area contributed by atoms with Gasteiger partial charge in [0.2, 0.25) is 0 Å². The smallest absolute Gasteiger partial charge is 0.0576 e. The van der Waals surface area contributed by atoms with Gasteiger partial charge in [0.25, 0.3) is 0 Å². The fraction of sp³-hybridized carbons (Fsp3) is 0.781. The molecule has 2 heteroatoms. The maximum Gasteiger partial charge on any atom is 0.0576 e. The summed E-state index contributed by atoms with van der Waals surface area (Å²) in [5.41, 5.74) is 6.23. The van der Waals surface area contributed by atoms with Gasteiger partial charge < -0.3 is 5.11 Å². The second-order valence-corrected chi connectivity index (χ2v) is 14.3. The molecular weight excluding hydrogens is 414 g/mol. The fourth-order valence-corrected chi connectivity index (χ4v) is 10.9. The minimum absolute atomic E-state index is 0.310. The summed E-state index contributed by atoms with van der Waals surface area (Å²) in [4.78, 5) is 4.37. The van der Waals surface area contributed by atoms with Gasteiger partial charge in [-0.05, 0) is 108 Å². The lowest BCUT2D eigenvalue weighted by Crippen LogP contribution is -2.54. The number of aliphatic hydroxyl groups is 1. The number of fused-ring (bicyclic) bond motifs is 4. The van der Waals surface area contributed by atoms with E-state index >= 15 is 0 Å². The highest BCUT2D eigenvalue weighted by Gasteiger charge is 2.74. The van der Waals surface area contributed by atoms with E-state index in [0.717, 1.165) is 30.7 Å². The van der Waals surface area contributed by atoms with Crippen LogP contribution in [0, 0.1) is 51.2 Å². The highest BCUT2D eigenvalue weighted by molar-refractivity contribution is 5.80. The molecule has 1 heterocycles. The first kappa shape index (κ1) is 23.3. The maximum absolute atomic E-state index is 10.2. The van der Waals surface area contributed by atoms with Gasteiger partial charge in [-0.15, -0.1) is 0 Å². The SMILES string of the molecule is C=C1C=C2[C@@]3(CC[C@H](C[C@H](CO)CC4=CCN=C4)C3)CC3(CCCC3)[C@H](C)[C@@]2(C)[C@H]2[C@@H]1C2(C)C. The molecular formula is C32H47NO. The van der Waals surface area contributed by atoms with Gasteiger partial charge in [-0.25, -0.2) is 0 Å². The number of rotatable bonds is 5. The minimum atomic E-state index is 0.310. The third-order valence-electron chi connectivity index (χ3n) is 12.3. The summed E-state index contributed by atoms with van der Waals surface area (Å²) in [5, 5.41) is 10.2. The van der Waals surface area contributed by atoms with Crippen LogP contribution in [0.4, 0.5) is 0 Å². The van der Waals surface area contributed by atoms with Crippen LogP contribution in [0.25, 0.3) is 0 Å². The highest BCUT2D eigenvalue weighted by atomic mass is 16.3. The third kappa shape index (κ3) is 3.12. The summed E-state index contributed by atoms with van der Waals surface area (Å²) in [6.45, 7) is 16.2. The van der Waals surface area contributed by atoms with Gasteiger partial charge >= 0.3 is 0 Å². The van der Waals surface area contributed by atoms with Crippen LogP contribution in [0.5, 0.6) is 0 Å². The number of hydrogen-bond donors (Lipinski definition) is 1. The molecule has 6 rings (SSSR count). The minimum Gasteiger partial charge on any atom is -0.396 e. The maximum atomic E-state index is 10.2. The zero-order valence-electron chi connectivity index (χ0n) is 22.2. The molecule has 4 fully saturated rings. The zero-order chi connectivity index (χ0) is 23.9. The molecule has 7 atom stereocenters. The molecule has 0 aromatic rings. The van der Waals surface area contributed by atoms with Gasteiger partial charge in [0.05, 0.1) is 6.54 Å². The van der Waals surface area contributed by atoms with Crippen LogP contribution in [-0.4, -0.2) is 24.5 Å². The molecule has 2 nitrogen and oxygen atoms in total. The van der Waals surface area contributed by atoms with Gasteiger partial charge in [-0.2, -0.15) is 0 Å². The van der Waals surface area contributed by atoms with Crippen molar-refractivity contribution in [2.75, 3.05) is 13.2 Å². The van der Waals surface area contributed by atoms with Gasteiger partial charge in [0, 0.05) is 12.8 Å². The summed E-state index contributed by atoms with van der Waals surface area (Å²) in [7, 11) is 0. The number of hydrogen-bond acceptors (Lipinski definition) is 2. The zero-order valence-corrected chi connectivity index (χ0v) is 22.2. The largest absolute Gasteiger partial charge is 0.396 e. The van der Waals surface area contributed by atoms with Crippen molar-refractivity contribution in [1.82, 2.24) is 0 Å². The molecule has 4 saturated carbocycles. The van der Waals surface area contributed by atoms with Crippen molar-refractivity contribution >= 4 is 6.21 Å². The van der Waals surface area contributed by atoms with Crippen molar-refractivity contribution < 1.29 is 5.11 Å². The van der Waals surface area contributed by atoms with E-state index in [2.05, 4.69) is 51.4 Å². The predicted molar refractivity (Wildman–Crippen MR) is 142 cm³/mol. The van der Waals surface area contributed by atoms with Gasteiger partial charge in [0.15, 0.2) is 0 Å². The predicted octanol–water partition coefficient (Wildman–Crippen LogP) is 7.55. The number of allylic oxidation sites excluding steroid dienone is 4. The topological polar surface area (TPSA) is 32.6 Å². The molecule has 0 radical (unpaired) electrons. The van der Waals surface area contributed by atoms with E-state index in [9.17, 15) is 5.11 Å². The Morgan fingerprint density at radius 2 is 1.94 bits per heavy atom. The summed E-state index contributed by atoms with van der Waals surface area (Å²) in [5.74, 6) is 3.36. The Bertz CT molecular complexity index is 961. The molecule has 0 bridgehead atoms. The highest BCUT2D eigenvalue weighted by Crippen LogP contribution is 2.81. The van der Waals surface area contributed by atoms with Crippen LogP contribution in [0.2, 0.25) is 0 Å². The molecule has 0 saturated heterocycles. The fourth-order valence-electron chi connectivity index (χ4n) is 10.9. The summed E-state index contributed by atoms with van der Waals surface area (Å²) in [6.07, 6.45) is 20.3. The average molecular weight is 462 g/mol. The second-order valence-electron chi connectivity index (χ2n) is 14.3. The Balaban J connectivity index is 1.32. The summed E-state index contributed by atoms with van der Waals surface area (Å²) < 4.78 is 0. The Hall–Kier alpha value is -1.15. The Labute approximate surface area is 208 Å². The van der Waals surface area contributed by atoms with Crippen molar-refractivity contribution in [3.05, 3.63) is 35.5 Å². The Kier molecular flexibility index (Phi) is 5.25. The van der Waals surface area contributed by atoms with Crippen LogP contribution in [0.3, 0.4) is 0 Å². The number of nitrogens with zero attached hydrogens (tertiary/aromatic N) is 1. The standard InChI is InChI=1S/C32H47NO/c1-21-14-26-30(5,28-27(21)29(28,3)4)22(2)31(10-6-7-11-31)20-32(26)12-8-23(17-32)15-25(19-34)16-24-9-13-33-18-24/h9,14,18,22-23,25,27-28,34H,1,6-8,10-13,15-17,19-20H2,2-5H3/t22-,23-,25+,27-,28+,30-,32-/m1/s1. The van der Waals surface area contributed by atoms with Crippen molar-refractivity contribution in [1.29, 1.82) is 0 Å². The van der Waals surface area contributed by atoms with Crippen LogP contribution in [-0.2, 0) is 0 Å². The van der Waals surface area contributed by atoms with Gasteiger partial charge in [-0.3, -0.25) is 4.99 Å². The van der Waals surface area contributed by atoms with Crippen molar-refractivity contribution in [3.8, 4) is 0 Å². The van der Waals surface area contributed by atoms with Crippen LogP contribution >= 0.6 is 0 Å². The second kappa shape index (κ2) is 7.67. The first-order chi connectivity index (χ1) is 16.2. The molecule has 1 N–H and O–H groups in total. The van der Waals surface area contributed by atoms with Crippen LogP contribution < -0.4 is 0 Å². The third-order valence-corrected chi connectivity index (χ3v) is 12.3. The molecule has 0 unspecified atom stereocenters. The Morgan fingerprint density at radius 3 is 2.62 bits per heavy atom. The first-order valence-corrected chi connectivity index (χ1v) is 14.4. The first-order valence-electron chi connectivity index (χ1n) is 14.4. The van der Waals surface area contributed by atoms with E-state index in [0.29, 0.717) is 40.1 Å². The van der Waals surface area contributed by atoms with E-state index in [1.807, 2.05) is 11.8 Å². The molecule has 1 aliphatic heterocycles. The lowest BCUT2D eigenvalue weighted by molar-refractivity contribution is -0.0478. The van der Waals surface area contributed by atoms with Crippen molar-refractivity contribution in [3.63, 3.8) is 0 Å². The molecule has 2 spiro atoms. The van der Waals surface area contributed by atoms with E-state index in [1.54, 1.807) is 0 Å². The quantitative estimate of drug-likeness (QED) is 0.450. The summed E-state index contributed by atoms with van der Waals surface area (Å²) in [6, 6.07) is 0. The Morgan fingerprint density at radius 1 is 1.18 bits per heavy atom. The molecule has 0 aromatic carbocycles. The van der Waals surface area contributed by atoms with Gasteiger partial charge in [0.1, 0.15) is 0 Å². The lowest BCUT2D eigenvalue weighted by atomic mass is 9.42. The van der Waals surface area contributed by atoms with Crippen LogP contribution in [0.15, 0.2) is 40.4 Å². The summed E-state index contributed by atoms with van der Waals surface area (Å²) >= 11 is 0. The van der Waals surface area contributed by atoms with E-state index in [4.69, 9.17) is 0 Å². The lowest BCUT2D eigenvalue weighted by Gasteiger charge is -2.62. The molecule has 186 valence electrons. The van der Waals surface area contributed by atoms with E-state index < -0.39 is 0 Å². The van der Waals surface area contributed by atoms with Crippen LogP contribution in [0.1, 0.15) is 91.9 Å². The van der Waals surface area contributed by atoms with Crippen molar-refractivity contribution in [2.45, 2.75) is 91.9 Å². The normalized spacial score (nSPS) is 44.2. The van der Waals surface area contributed by atoms with E-state index in [-0.39, 0.29) is 0 Å².